The van der Waals surface area contributed by atoms with Crippen molar-refractivity contribution < 1.29 is 19.8 Å². The SMILES string of the molecule is O=C(O)C1CCN(C(=O)O)c2cnc3cc(Cl)nn3c21. The van der Waals surface area contributed by atoms with Gasteiger partial charge in [-0.3, -0.25) is 9.69 Å². The summed E-state index contributed by atoms with van der Waals surface area (Å²) in [4.78, 5) is 27.7. The monoisotopic (exact) mass is 296 g/mol. The molecule has 2 aromatic rings. The van der Waals surface area contributed by atoms with E-state index in [2.05, 4.69) is 10.1 Å². The lowest BCUT2D eigenvalue weighted by Gasteiger charge is -2.30. The van der Waals surface area contributed by atoms with Crippen LogP contribution in [0.1, 0.15) is 18.0 Å². The van der Waals surface area contributed by atoms with Crippen LogP contribution in [-0.4, -0.2) is 43.4 Å². The maximum Gasteiger partial charge on any atom is 0.411 e. The fourth-order valence-electron chi connectivity index (χ4n) is 2.40. The molecule has 9 heteroatoms. The van der Waals surface area contributed by atoms with Crippen molar-refractivity contribution in [2.45, 2.75) is 12.3 Å². The van der Waals surface area contributed by atoms with E-state index in [4.69, 9.17) is 11.6 Å². The number of carboxylic acids is 1. The van der Waals surface area contributed by atoms with Crippen molar-refractivity contribution in [1.29, 1.82) is 0 Å². The van der Waals surface area contributed by atoms with Gasteiger partial charge in [0.1, 0.15) is 5.92 Å². The number of carbonyl (C=O) groups is 2. The fourth-order valence-corrected chi connectivity index (χ4v) is 2.58. The van der Waals surface area contributed by atoms with Crippen molar-refractivity contribution in [3.63, 3.8) is 0 Å². The first-order chi connectivity index (χ1) is 9.49. The van der Waals surface area contributed by atoms with Gasteiger partial charge in [0.15, 0.2) is 10.8 Å². The maximum absolute atomic E-state index is 11.4. The predicted molar refractivity (Wildman–Crippen MR) is 68.4 cm³/mol. The van der Waals surface area contributed by atoms with Gasteiger partial charge in [-0.05, 0) is 6.42 Å². The van der Waals surface area contributed by atoms with E-state index >= 15 is 0 Å². The molecule has 3 heterocycles. The molecule has 1 aliphatic heterocycles. The van der Waals surface area contributed by atoms with Crippen LogP contribution in [-0.2, 0) is 4.79 Å². The molecule has 104 valence electrons. The van der Waals surface area contributed by atoms with E-state index in [1.165, 1.54) is 16.8 Å². The van der Waals surface area contributed by atoms with Crippen LogP contribution in [0.2, 0.25) is 5.15 Å². The van der Waals surface area contributed by atoms with Crippen molar-refractivity contribution in [3.8, 4) is 0 Å². The quantitative estimate of drug-likeness (QED) is 0.824. The third-order valence-corrected chi connectivity index (χ3v) is 3.45. The molecule has 0 saturated carbocycles. The molecule has 0 aliphatic carbocycles. The Balaban J connectivity index is 2.31. The maximum atomic E-state index is 11.4. The molecule has 0 bridgehead atoms. The third kappa shape index (κ3) is 1.76. The Morgan fingerprint density at radius 1 is 1.40 bits per heavy atom. The molecule has 0 fully saturated rings. The predicted octanol–water partition coefficient (Wildman–Crippen LogP) is 1.44. The molecule has 2 aromatic heterocycles. The number of aliphatic carboxylic acids is 1. The van der Waals surface area contributed by atoms with Crippen molar-refractivity contribution in [2.24, 2.45) is 0 Å². The number of fused-ring (bicyclic) bond motifs is 3. The fraction of sp³-hybridized carbons (Fsp3) is 0.273. The number of aromatic nitrogens is 3. The number of carboxylic acid groups (broad SMARTS) is 2. The normalized spacial score (nSPS) is 18.1. The number of nitrogens with zero attached hydrogens (tertiary/aromatic N) is 4. The van der Waals surface area contributed by atoms with Crippen molar-refractivity contribution in [2.75, 3.05) is 11.4 Å². The van der Waals surface area contributed by atoms with Gasteiger partial charge >= 0.3 is 12.1 Å². The summed E-state index contributed by atoms with van der Waals surface area (Å²) in [6.45, 7) is 0.0987. The van der Waals surface area contributed by atoms with E-state index in [1.807, 2.05) is 0 Å². The highest BCUT2D eigenvalue weighted by Gasteiger charge is 2.35. The largest absolute Gasteiger partial charge is 0.481 e. The zero-order valence-corrected chi connectivity index (χ0v) is 10.8. The first-order valence-electron chi connectivity index (χ1n) is 5.76. The molecule has 0 saturated heterocycles. The van der Waals surface area contributed by atoms with Crippen LogP contribution >= 0.6 is 11.6 Å². The lowest BCUT2D eigenvalue weighted by Crippen LogP contribution is -2.38. The van der Waals surface area contributed by atoms with Crippen molar-refractivity contribution in [1.82, 2.24) is 14.6 Å². The average Bonchev–Trinajstić information content (AvgIpc) is 2.77. The Morgan fingerprint density at radius 2 is 2.15 bits per heavy atom. The second kappa shape index (κ2) is 4.34. The molecule has 2 N–H and O–H groups in total. The van der Waals surface area contributed by atoms with E-state index in [0.29, 0.717) is 5.65 Å². The highest BCUT2D eigenvalue weighted by Crippen LogP contribution is 2.35. The molecule has 1 amide bonds. The topological polar surface area (TPSA) is 108 Å². The van der Waals surface area contributed by atoms with Crippen LogP contribution in [0.4, 0.5) is 10.5 Å². The molecule has 1 unspecified atom stereocenters. The van der Waals surface area contributed by atoms with Crippen LogP contribution < -0.4 is 4.90 Å². The van der Waals surface area contributed by atoms with Crippen LogP contribution in [0.25, 0.3) is 5.65 Å². The minimum absolute atomic E-state index is 0.0987. The van der Waals surface area contributed by atoms with Gasteiger partial charge in [-0.15, -0.1) is 0 Å². The number of anilines is 1. The third-order valence-electron chi connectivity index (χ3n) is 3.26. The Labute approximate surface area is 117 Å². The second-order valence-electron chi connectivity index (χ2n) is 4.38. The molecule has 0 spiro atoms. The number of amides is 1. The van der Waals surface area contributed by atoms with Gasteiger partial charge in [0.25, 0.3) is 0 Å². The summed E-state index contributed by atoms with van der Waals surface area (Å²) in [7, 11) is 0. The number of hydrogen-bond acceptors (Lipinski definition) is 4. The number of hydrogen-bond donors (Lipinski definition) is 2. The van der Waals surface area contributed by atoms with Crippen molar-refractivity contribution in [3.05, 3.63) is 23.1 Å². The average molecular weight is 297 g/mol. The van der Waals surface area contributed by atoms with Crippen LogP contribution in [0.15, 0.2) is 12.3 Å². The zero-order chi connectivity index (χ0) is 14.4. The van der Waals surface area contributed by atoms with Crippen LogP contribution in [0, 0.1) is 0 Å². The van der Waals surface area contributed by atoms with Gasteiger partial charge < -0.3 is 10.2 Å². The van der Waals surface area contributed by atoms with Gasteiger partial charge in [0.2, 0.25) is 0 Å². The van der Waals surface area contributed by atoms with Crippen LogP contribution in [0.5, 0.6) is 0 Å². The smallest absolute Gasteiger partial charge is 0.411 e. The highest BCUT2D eigenvalue weighted by molar-refractivity contribution is 6.29. The molecule has 1 aliphatic rings. The second-order valence-corrected chi connectivity index (χ2v) is 4.77. The summed E-state index contributed by atoms with van der Waals surface area (Å²) in [6.07, 6.45) is 0.353. The van der Waals surface area contributed by atoms with E-state index in [9.17, 15) is 19.8 Å². The van der Waals surface area contributed by atoms with Crippen LogP contribution in [0.3, 0.4) is 0 Å². The number of halogens is 1. The van der Waals surface area contributed by atoms with E-state index < -0.39 is 18.0 Å². The van der Waals surface area contributed by atoms with Gasteiger partial charge in [-0.1, -0.05) is 11.6 Å². The highest BCUT2D eigenvalue weighted by atomic mass is 35.5. The standard InChI is InChI=1S/C11H9ClN4O4/c12-7-3-8-13-4-6-9(16(8)14-7)5(10(17)18)1-2-15(6)11(19)20/h3-5H,1-2H2,(H,17,18)(H,19,20). The summed E-state index contributed by atoms with van der Waals surface area (Å²) < 4.78 is 1.30. The Kier molecular flexibility index (Phi) is 2.75. The van der Waals surface area contributed by atoms with Crippen molar-refractivity contribution >= 4 is 35.0 Å². The molecular weight excluding hydrogens is 288 g/mol. The van der Waals surface area contributed by atoms with E-state index in [0.717, 1.165) is 4.90 Å². The van der Waals surface area contributed by atoms with Gasteiger partial charge in [0.05, 0.1) is 17.6 Å². The molecule has 3 rings (SSSR count). The first-order valence-corrected chi connectivity index (χ1v) is 6.14. The minimum Gasteiger partial charge on any atom is -0.481 e. The first kappa shape index (κ1) is 12.7. The van der Waals surface area contributed by atoms with Gasteiger partial charge in [-0.25, -0.2) is 14.3 Å². The van der Waals surface area contributed by atoms with E-state index in [1.54, 1.807) is 0 Å². The molecular formula is C11H9ClN4O4. The Bertz CT molecular complexity index is 729. The summed E-state index contributed by atoms with van der Waals surface area (Å²) in [5, 5.41) is 22.7. The van der Waals surface area contributed by atoms with E-state index in [-0.39, 0.29) is 29.5 Å². The molecule has 0 radical (unpaired) electrons. The zero-order valence-electron chi connectivity index (χ0n) is 10.0. The summed E-state index contributed by atoms with van der Waals surface area (Å²) >= 11 is 5.80. The molecule has 0 aromatic carbocycles. The Hall–Kier alpha value is -2.35. The summed E-state index contributed by atoms with van der Waals surface area (Å²) in [5.74, 6) is -1.88. The lowest BCUT2D eigenvalue weighted by molar-refractivity contribution is -0.139. The minimum atomic E-state index is -1.16. The summed E-state index contributed by atoms with van der Waals surface area (Å²) in [5.41, 5.74) is 0.888. The molecule has 20 heavy (non-hydrogen) atoms. The molecule has 8 nitrogen and oxygen atoms in total. The molecule has 1 atom stereocenters. The Morgan fingerprint density at radius 3 is 2.80 bits per heavy atom. The lowest BCUT2D eigenvalue weighted by atomic mass is 9.95. The van der Waals surface area contributed by atoms with Gasteiger partial charge in [-0.2, -0.15) is 5.10 Å². The summed E-state index contributed by atoms with van der Waals surface area (Å²) in [6, 6.07) is 1.49. The van der Waals surface area contributed by atoms with Gasteiger partial charge in [0, 0.05) is 12.6 Å². The number of rotatable bonds is 1.